The molecule has 2 aromatic carbocycles. The normalized spacial score (nSPS) is 15.0. The minimum Gasteiger partial charge on any atom is -0.493 e. The molecule has 0 saturated heterocycles. The second-order valence-corrected chi connectivity index (χ2v) is 8.72. The number of carbonyl (C=O) groups is 2. The lowest BCUT2D eigenvalue weighted by Gasteiger charge is -2.35. The average molecular weight is 491 g/mol. The van der Waals surface area contributed by atoms with Crippen LogP contribution in [0.4, 0.5) is 5.69 Å². The van der Waals surface area contributed by atoms with Crippen molar-refractivity contribution in [3.63, 3.8) is 0 Å². The van der Waals surface area contributed by atoms with E-state index in [-0.39, 0.29) is 18.6 Å². The van der Waals surface area contributed by atoms with Crippen LogP contribution in [0.5, 0.6) is 11.5 Å². The summed E-state index contributed by atoms with van der Waals surface area (Å²) in [4.78, 5) is 26.9. The number of rotatable bonds is 8. The van der Waals surface area contributed by atoms with Crippen molar-refractivity contribution in [1.29, 1.82) is 0 Å². The molecule has 8 heteroatoms. The molecule has 0 saturated carbocycles. The Morgan fingerprint density at radius 2 is 1.97 bits per heavy atom. The Morgan fingerprint density at radius 3 is 2.72 bits per heavy atom. The Hall–Kier alpha value is -4.07. The predicted molar refractivity (Wildman–Crippen MR) is 135 cm³/mol. The molecule has 8 nitrogen and oxygen atoms in total. The first kappa shape index (κ1) is 25.0. The standard InChI is InChI=1S/C28H30N2O6/c1-18-9-12-22-7-5-6-8-24(22)30(18)27(31)17-35-28(32)14-11-21-10-13-25(26(15-21)33-4)34-16-23-19(2)29-36-20(23)3/h5-8,10-11,13-15,18H,9,12,16-17H2,1-4H3/b14-11+/t18-/m1/s1. The monoisotopic (exact) mass is 490 g/mol. The number of nitrogens with zero attached hydrogens (tertiary/aromatic N) is 2. The van der Waals surface area contributed by atoms with E-state index in [0.717, 1.165) is 40.9 Å². The third kappa shape index (κ3) is 5.59. The van der Waals surface area contributed by atoms with E-state index in [1.165, 1.54) is 6.08 Å². The highest BCUT2D eigenvalue weighted by Crippen LogP contribution is 2.31. The second kappa shape index (κ2) is 11.1. The lowest BCUT2D eigenvalue weighted by atomic mass is 9.96. The number of fused-ring (bicyclic) bond motifs is 1. The van der Waals surface area contributed by atoms with Crippen molar-refractivity contribution in [3.8, 4) is 11.5 Å². The van der Waals surface area contributed by atoms with Gasteiger partial charge in [-0.05, 0) is 69.0 Å². The highest BCUT2D eigenvalue weighted by molar-refractivity contribution is 5.98. The molecule has 1 aliphatic heterocycles. The maximum atomic E-state index is 12.8. The van der Waals surface area contributed by atoms with Gasteiger partial charge in [0.2, 0.25) is 0 Å². The molecule has 188 valence electrons. The first-order chi connectivity index (χ1) is 17.4. The van der Waals surface area contributed by atoms with Crippen LogP contribution in [-0.4, -0.2) is 36.8 Å². The number of benzene rings is 2. The van der Waals surface area contributed by atoms with Gasteiger partial charge in [-0.15, -0.1) is 0 Å². The molecule has 0 N–H and O–H groups in total. The lowest BCUT2D eigenvalue weighted by Crippen LogP contribution is -2.44. The second-order valence-electron chi connectivity index (χ2n) is 8.72. The van der Waals surface area contributed by atoms with Crippen molar-refractivity contribution in [1.82, 2.24) is 5.16 Å². The molecule has 4 rings (SSSR count). The summed E-state index contributed by atoms with van der Waals surface area (Å²) in [5, 5.41) is 3.93. The van der Waals surface area contributed by atoms with Gasteiger partial charge in [0.15, 0.2) is 18.1 Å². The van der Waals surface area contributed by atoms with Gasteiger partial charge in [-0.1, -0.05) is 29.4 Å². The molecule has 1 atom stereocenters. The van der Waals surface area contributed by atoms with Gasteiger partial charge in [0.1, 0.15) is 12.4 Å². The number of para-hydroxylation sites is 1. The van der Waals surface area contributed by atoms with E-state index in [1.54, 1.807) is 36.3 Å². The molecule has 0 fully saturated rings. The minimum atomic E-state index is -0.598. The predicted octanol–water partition coefficient (Wildman–Crippen LogP) is 4.80. The van der Waals surface area contributed by atoms with Crippen LogP contribution in [0.2, 0.25) is 0 Å². The van der Waals surface area contributed by atoms with E-state index in [2.05, 4.69) is 5.16 Å². The molecular weight excluding hydrogens is 460 g/mol. The Labute approximate surface area is 210 Å². The fourth-order valence-electron chi connectivity index (χ4n) is 4.25. The first-order valence-corrected chi connectivity index (χ1v) is 11.8. The van der Waals surface area contributed by atoms with Gasteiger partial charge >= 0.3 is 5.97 Å². The number of hydrogen-bond acceptors (Lipinski definition) is 7. The van der Waals surface area contributed by atoms with Gasteiger partial charge in [-0.3, -0.25) is 4.79 Å². The third-order valence-corrected chi connectivity index (χ3v) is 6.28. The number of anilines is 1. The van der Waals surface area contributed by atoms with E-state index in [4.69, 9.17) is 18.7 Å². The van der Waals surface area contributed by atoms with Crippen molar-refractivity contribution in [2.24, 2.45) is 0 Å². The molecule has 3 aromatic rings. The van der Waals surface area contributed by atoms with Crippen LogP contribution in [-0.2, 0) is 27.4 Å². The smallest absolute Gasteiger partial charge is 0.331 e. The molecule has 0 spiro atoms. The number of carbonyl (C=O) groups excluding carboxylic acids is 2. The summed E-state index contributed by atoms with van der Waals surface area (Å²) >= 11 is 0. The molecule has 2 heterocycles. The van der Waals surface area contributed by atoms with Crippen molar-refractivity contribution >= 4 is 23.6 Å². The average Bonchev–Trinajstić information content (AvgIpc) is 3.21. The van der Waals surface area contributed by atoms with E-state index in [1.807, 2.05) is 45.0 Å². The Kier molecular flexibility index (Phi) is 7.73. The third-order valence-electron chi connectivity index (χ3n) is 6.28. The van der Waals surface area contributed by atoms with Crippen LogP contribution in [0.1, 0.15) is 41.5 Å². The highest BCUT2D eigenvalue weighted by atomic mass is 16.5. The zero-order valence-electron chi connectivity index (χ0n) is 20.9. The number of hydrogen-bond donors (Lipinski definition) is 0. The van der Waals surface area contributed by atoms with Gasteiger partial charge in [-0.25, -0.2) is 4.79 Å². The minimum absolute atomic E-state index is 0.0486. The van der Waals surface area contributed by atoms with Gasteiger partial charge in [0.25, 0.3) is 5.91 Å². The van der Waals surface area contributed by atoms with Crippen LogP contribution in [0.25, 0.3) is 6.08 Å². The summed E-state index contributed by atoms with van der Waals surface area (Å²) in [6.07, 6.45) is 4.69. The molecule has 1 aliphatic rings. The van der Waals surface area contributed by atoms with Crippen LogP contribution in [0.3, 0.4) is 0 Å². The molecule has 0 bridgehead atoms. The van der Waals surface area contributed by atoms with Crippen LogP contribution in [0, 0.1) is 13.8 Å². The van der Waals surface area contributed by atoms with E-state index in [9.17, 15) is 9.59 Å². The summed E-state index contributed by atoms with van der Waals surface area (Å²) in [6.45, 7) is 5.68. The van der Waals surface area contributed by atoms with Gasteiger partial charge in [0.05, 0.1) is 18.4 Å². The quantitative estimate of drug-likeness (QED) is 0.331. The number of methoxy groups -OCH3 is 1. The summed E-state index contributed by atoms with van der Waals surface area (Å²) in [5.41, 5.74) is 4.40. The number of ether oxygens (including phenoxy) is 3. The fourth-order valence-corrected chi connectivity index (χ4v) is 4.25. The number of aryl methyl sites for hydroxylation is 3. The van der Waals surface area contributed by atoms with Gasteiger partial charge in [-0.2, -0.15) is 0 Å². The van der Waals surface area contributed by atoms with Crippen LogP contribution < -0.4 is 14.4 Å². The SMILES string of the molecule is COc1cc(/C=C/C(=O)OCC(=O)N2c3ccccc3CC[C@H]2C)ccc1OCc1c(C)noc1C. The van der Waals surface area contributed by atoms with Crippen LogP contribution in [0.15, 0.2) is 53.1 Å². The van der Waals surface area contributed by atoms with E-state index in [0.29, 0.717) is 23.9 Å². The maximum Gasteiger partial charge on any atom is 0.331 e. The zero-order chi connectivity index (χ0) is 25.7. The molecule has 1 aromatic heterocycles. The molecular formula is C28H30N2O6. The lowest BCUT2D eigenvalue weighted by molar-refractivity contribution is -0.143. The zero-order valence-corrected chi connectivity index (χ0v) is 20.9. The summed E-state index contributed by atoms with van der Waals surface area (Å²) in [6, 6.07) is 13.2. The first-order valence-electron chi connectivity index (χ1n) is 11.8. The highest BCUT2D eigenvalue weighted by Gasteiger charge is 2.28. The summed E-state index contributed by atoms with van der Waals surface area (Å²) < 4.78 is 21.7. The maximum absolute atomic E-state index is 12.8. The number of aromatic nitrogens is 1. The van der Waals surface area contributed by atoms with E-state index >= 15 is 0 Å². The topological polar surface area (TPSA) is 91.1 Å². The molecule has 0 unspecified atom stereocenters. The molecule has 1 amide bonds. The Morgan fingerprint density at radius 1 is 1.17 bits per heavy atom. The van der Waals surface area contributed by atoms with Crippen molar-refractivity contribution in [2.45, 2.75) is 46.3 Å². The molecule has 0 aliphatic carbocycles. The molecule has 0 radical (unpaired) electrons. The number of esters is 1. The summed E-state index contributed by atoms with van der Waals surface area (Å²) in [7, 11) is 1.55. The van der Waals surface area contributed by atoms with Crippen molar-refractivity contribution in [3.05, 3.63) is 76.7 Å². The molecule has 36 heavy (non-hydrogen) atoms. The van der Waals surface area contributed by atoms with Crippen molar-refractivity contribution in [2.75, 3.05) is 18.6 Å². The van der Waals surface area contributed by atoms with E-state index < -0.39 is 5.97 Å². The van der Waals surface area contributed by atoms with Gasteiger partial charge < -0.3 is 23.6 Å². The summed E-state index contributed by atoms with van der Waals surface area (Å²) in [5.74, 6) is 0.947. The Balaban J connectivity index is 1.34. The van der Waals surface area contributed by atoms with Crippen molar-refractivity contribution < 1.29 is 28.3 Å². The fraction of sp³-hybridized carbons (Fsp3) is 0.321. The van der Waals surface area contributed by atoms with Gasteiger partial charge in [0, 0.05) is 17.8 Å². The van der Waals surface area contributed by atoms with Crippen LogP contribution >= 0.6 is 0 Å². The Bertz CT molecular complexity index is 1260. The number of amides is 1. The largest absolute Gasteiger partial charge is 0.493 e.